The molecule has 2 aromatic carbocycles. The summed E-state index contributed by atoms with van der Waals surface area (Å²) in [5, 5.41) is 2.53. The van der Waals surface area contributed by atoms with Crippen molar-refractivity contribution in [1.82, 2.24) is 10.2 Å². The number of halogens is 1. The van der Waals surface area contributed by atoms with Gasteiger partial charge >= 0.3 is 6.09 Å². The predicted octanol–water partition coefficient (Wildman–Crippen LogP) is 3.66. The molecule has 0 aromatic heterocycles. The Hall–Kier alpha value is -2.89. The van der Waals surface area contributed by atoms with Gasteiger partial charge in [-0.2, -0.15) is 0 Å². The van der Waals surface area contributed by atoms with Crippen molar-refractivity contribution < 1.29 is 18.7 Å². The third-order valence-electron chi connectivity index (χ3n) is 4.20. The van der Waals surface area contributed by atoms with Crippen LogP contribution in [0.1, 0.15) is 31.0 Å². The smallest absolute Gasteiger partial charge is 0.408 e. The molecular weight excluding hydrogens is 335 g/mol. The highest BCUT2D eigenvalue weighted by atomic mass is 19.1. The number of rotatable bonds is 6. The minimum atomic E-state index is -0.744. The van der Waals surface area contributed by atoms with Crippen molar-refractivity contribution in [3.8, 4) is 0 Å². The zero-order valence-corrected chi connectivity index (χ0v) is 15.1. The van der Waals surface area contributed by atoms with Gasteiger partial charge in [-0.15, -0.1) is 0 Å². The van der Waals surface area contributed by atoms with Crippen molar-refractivity contribution in [3.05, 3.63) is 71.5 Å². The van der Waals surface area contributed by atoms with Gasteiger partial charge in [-0.05, 0) is 37.1 Å². The molecule has 0 spiro atoms. The van der Waals surface area contributed by atoms with Gasteiger partial charge < -0.3 is 15.0 Å². The number of hydrogen-bond donors (Lipinski definition) is 1. The van der Waals surface area contributed by atoms with E-state index in [-0.39, 0.29) is 24.4 Å². The molecule has 0 aliphatic carbocycles. The van der Waals surface area contributed by atoms with Crippen LogP contribution in [0.15, 0.2) is 54.6 Å². The number of amides is 2. The number of carbonyl (C=O) groups is 2. The maximum absolute atomic E-state index is 13.0. The first-order valence-electron chi connectivity index (χ1n) is 8.38. The summed E-state index contributed by atoms with van der Waals surface area (Å²) in [4.78, 5) is 25.9. The van der Waals surface area contributed by atoms with E-state index in [9.17, 15) is 14.0 Å². The number of ether oxygens (including phenoxy) is 1. The Labute approximate surface area is 152 Å². The Morgan fingerprint density at radius 1 is 1.08 bits per heavy atom. The highest BCUT2D eigenvalue weighted by molar-refractivity contribution is 5.85. The zero-order chi connectivity index (χ0) is 19.1. The molecule has 1 N–H and O–H groups in total. The van der Waals surface area contributed by atoms with Crippen molar-refractivity contribution in [2.45, 2.75) is 32.5 Å². The van der Waals surface area contributed by atoms with E-state index in [4.69, 9.17) is 4.74 Å². The summed E-state index contributed by atoms with van der Waals surface area (Å²) in [5.41, 5.74) is 1.67. The molecule has 0 radical (unpaired) electrons. The number of nitrogens with zero attached hydrogens (tertiary/aromatic N) is 1. The second kappa shape index (κ2) is 8.99. The van der Waals surface area contributed by atoms with Gasteiger partial charge in [0, 0.05) is 7.05 Å². The third-order valence-corrected chi connectivity index (χ3v) is 4.20. The van der Waals surface area contributed by atoms with Crippen LogP contribution in [0.5, 0.6) is 0 Å². The van der Waals surface area contributed by atoms with E-state index >= 15 is 0 Å². The molecule has 0 saturated heterocycles. The number of alkyl carbamates (subject to hydrolysis) is 1. The fourth-order valence-corrected chi connectivity index (χ4v) is 2.46. The van der Waals surface area contributed by atoms with Crippen LogP contribution < -0.4 is 5.32 Å². The van der Waals surface area contributed by atoms with Crippen LogP contribution in [-0.2, 0) is 16.1 Å². The van der Waals surface area contributed by atoms with Crippen LogP contribution in [0.25, 0.3) is 0 Å². The quantitative estimate of drug-likeness (QED) is 0.857. The average molecular weight is 358 g/mol. The molecular formula is C20H23FN2O3. The molecule has 0 fully saturated rings. The molecule has 2 aromatic rings. The Kier molecular flexibility index (Phi) is 6.72. The van der Waals surface area contributed by atoms with Gasteiger partial charge in [-0.3, -0.25) is 4.79 Å². The highest BCUT2D eigenvalue weighted by Crippen LogP contribution is 2.19. The van der Waals surface area contributed by atoms with Crippen LogP contribution in [-0.4, -0.2) is 30.0 Å². The molecule has 0 aliphatic heterocycles. The molecule has 138 valence electrons. The van der Waals surface area contributed by atoms with Gasteiger partial charge in [0.25, 0.3) is 0 Å². The molecule has 2 amide bonds. The van der Waals surface area contributed by atoms with Gasteiger partial charge in [-0.1, -0.05) is 42.5 Å². The number of hydrogen-bond acceptors (Lipinski definition) is 3. The lowest BCUT2D eigenvalue weighted by atomic mass is 10.1. The van der Waals surface area contributed by atoms with Crippen molar-refractivity contribution in [1.29, 1.82) is 0 Å². The summed E-state index contributed by atoms with van der Waals surface area (Å²) in [5.74, 6) is -0.593. The van der Waals surface area contributed by atoms with E-state index in [1.807, 2.05) is 37.3 Å². The second-order valence-corrected chi connectivity index (χ2v) is 6.10. The molecule has 0 bridgehead atoms. The van der Waals surface area contributed by atoms with E-state index in [0.29, 0.717) is 0 Å². The zero-order valence-electron chi connectivity index (χ0n) is 15.1. The Bertz CT molecular complexity index is 734. The normalized spacial score (nSPS) is 12.8. The van der Waals surface area contributed by atoms with Gasteiger partial charge in [-0.25, -0.2) is 9.18 Å². The Balaban J connectivity index is 1.87. The third kappa shape index (κ3) is 5.31. The van der Waals surface area contributed by atoms with Crippen molar-refractivity contribution in [3.63, 3.8) is 0 Å². The number of likely N-dealkylation sites (N-methyl/N-ethyl adjacent to an activating group) is 1. The van der Waals surface area contributed by atoms with Gasteiger partial charge in [0.2, 0.25) is 5.91 Å². The average Bonchev–Trinajstić information content (AvgIpc) is 2.66. The van der Waals surface area contributed by atoms with Crippen molar-refractivity contribution in [2.24, 2.45) is 0 Å². The molecule has 6 heteroatoms. The molecule has 2 rings (SSSR count). The van der Waals surface area contributed by atoms with Crippen LogP contribution >= 0.6 is 0 Å². The topological polar surface area (TPSA) is 58.6 Å². The highest BCUT2D eigenvalue weighted by Gasteiger charge is 2.24. The molecule has 0 heterocycles. The number of nitrogens with one attached hydrogen (secondary N) is 1. The van der Waals surface area contributed by atoms with Crippen molar-refractivity contribution in [2.75, 3.05) is 7.05 Å². The van der Waals surface area contributed by atoms with Crippen LogP contribution in [0, 0.1) is 5.82 Å². The van der Waals surface area contributed by atoms with Crippen molar-refractivity contribution >= 4 is 12.0 Å². The maximum atomic E-state index is 13.0. The van der Waals surface area contributed by atoms with Crippen LogP contribution in [0.2, 0.25) is 0 Å². The number of carbonyl (C=O) groups excluding carboxylic acids is 2. The maximum Gasteiger partial charge on any atom is 0.408 e. The lowest BCUT2D eigenvalue weighted by Gasteiger charge is -2.28. The van der Waals surface area contributed by atoms with Gasteiger partial charge in [0.15, 0.2) is 0 Å². The minimum absolute atomic E-state index is 0.134. The van der Waals surface area contributed by atoms with E-state index in [2.05, 4.69) is 5.32 Å². The molecule has 5 nitrogen and oxygen atoms in total. The summed E-state index contributed by atoms with van der Waals surface area (Å²) in [6, 6.07) is 14.3. The number of benzene rings is 2. The first kappa shape index (κ1) is 19.4. The minimum Gasteiger partial charge on any atom is -0.445 e. The van der Waals surface area contributed by atoms with E-state index in [1.54, 1.807) is 26.1 Å². The second-order valence-electron chi connectivity index (χ2n) is 6.10. The van der Waals surface area contributed by atoms with Gasteiger partial charge in [0.05, 0.1) is 6.04 Å². The first-order chi connectivity index (χ1) is 12.4. The fourth-order valence-electron chi connectivity index (χ4n) is 2.46. The monoisotopic (exact) mass is 358 g/mol. The standard InChI is InChI=1S/C20H23FN2O3/c1-14(22-20(25)26-13-16-7-5-4-6-8-16)19(24)23(3)15(2)17-9-11-18(21)12-10-17/h4-12,14-15H,13H2,1-3H3,(H,22,25)/t14-,15+/m0/s1. The lowest BCUT2D eigenvalue weighted by molar-refractivity contribution is -0.133. The van der Waals surface area contributed by atoms with Crippen LogP contribution in [0.3, 0.4) is 0 Å². The van der Waals surface area contributed by atoms with E-state index < -0.39 is 12.1 Å². The van der Waals surface area contributed by atoms with Crippen LogP contribution in [0.4, 0.5) is 9.18 Å². The summed E-state index contributed by atoms with van der Waals surface area (Å²) in [7, 11) is 1.64. The first-order valence-corrected chi connectivity index (χ1v) is 8.38. The molecule has 2 atom stereocenters. The summed E-state index contributed by atoms with van der Waals surface area (Å²) in [6.45, 7) is 3.57. The lowest BCUT2D eigenvalue weighted by Crippen LogP contribution is -2.46. The molecule has 0 aliphatic rings. The predicted molar refractivity (Wildman–Crippen MR) is 96.8 cm³/mol. The molecule has 26 heavy (non-hydrogen) atoms. The SMILES string of the molecule is C[C@H](NC(=O)OCc1ccccc1)C(=O)N(C)[C@H](C)c1ccc(F)cc1. The molecule has 0 saturated carbocycles. The summed E-state index contributed by atoms with van der Waals surface area (Å²) >= 11 is 0. The largest absolute Gasteiger partial charge is 0.445 e. The van der Waals surface area contributed by atoms with E-state index in [1.165, 1.54) is 17.0 Å². The summed E-state index contributed by atoms with van der Waals surface area (Å²) < 4.78 is 18.2. The molecule has 0 unspecified atom stereocenters. The summed E-state index contributed by atoms with van der Waals surface area (Å²) in [6.07, 6.45) is -0.655. The fraction of sp³-hybridized carbons (Fsp3) is 0.300. The Morgan fingerprint density at radius 3 is 2.31 bits per heavy atom. The van der Waals surface area contributed by atoms with E-state index in [0.717, 1.165) is 11.1 Å². The Morgan fingerprint density at radius 2 is 1.69 bits per heavy atom. The van der Waals surface area contributed by atoms with Gasteiger partial charge in [0.1, 0.15) is 18.5 Å².